The molecule has 1 unspecified atom stereocenters. The van der Waals surface area contributed by atoms with Crippen LogP contribution in [0.2, 0.25) is 0 Å². The lowest BCUT2D eigenvalue weighted by Gasteiger charge is -2.17. The number of nitrogens with zero attached hydrogens (tertiary/aromatic N) is 1. The highest BCUT2D eigenvalue weighted by molar-refractivity contribution is 7.80. The summed E-state index contributed by atoms with van der Waals surface area (Å²) in [4.78, 5) is 26.3. The monoisotopic (exact) mass is 403 g/mol. The zero-order chi connectivity index (χ0) is 19.2. The van der Waals surface area contributed by atoms with Crippen molar-refractivity contribution in [2.24, 2.45) is 5.92 Å². The highest BCUT2D eigenvalue weighted by Gasteiger charge is 2.29. The zero-order valence-electron chi connectivity index (χ0n) is 14.9. The number of thiocarbonyl (C=S) groups is 1. The van der Waals surface area contributed by atoms with Crippen molar-refractivity contribution in [1.82, 2.24) is 10.2 Å². The number of esters is 1. The molecule has 1 saturated heterocycles. The second-order valence-electron chi connectivity index (χ2n) is 6.32. The first-order valence-corrected chi connectivity index (χ1v) is 9.88. The minimum atomic E-state index is -0.395. The van der Waals surface area contributed by atoms with Gasteiger partial charge < -0.3 is 20.3 Å². The van der Waals surface area contributed by atoms with Gasteiger partial charge in [-0.3, -0.25) is 4.79 Å². The summed E-state index contributed by atoms with van der Waals surface area (Å²) < 4.78 is 4.76. The number of nitrogens with one attached hydrogen (secondary N) is 2. The summed E-state index contributed by atoms with van der Waals surface area (Å²) >= 11 is 6.61. The molecule has 0 bridgehead atoms. The van der Waals surface area contributed by atoms with Crippen LogP contribution in [0.15, 0.2) is 41.8 Å². The van der Waals surface area contributed by atoms with Crippen LogP contribution in [0, 0.1) is 5.92 Å². The number of ether oxygens (including phenoxy) is 1. The normalized spacial score (nSPS) is 16.3. The molecule has 1 amide bonds. The van der Waals surface area contributed by atoms with Crippen molar-refractivity contribution in [3.63, 3.8) is 0 Å². The third kappa shape index (κ3) is 5.05. The maximum atomic E-state index is 12.2. The second-order valence-corrected chi connectivity index (χ2v) is 7.64. The SMILES string of the molecule is COC(=O)c1sccc1NC(=S)NCC1CC(=O)N(Cc2ccccc2)C1. The van der Waals surface area contributed by atoms with Gasteiger partial charge in [-0.05, 0) is 29.2 Å². The lowest BCUT2D eigenvalue weighted by Crippen LogP contribution is -2.34. The van der Waals surface area contributed by atoms with Gasteiger partial charge in [0.2, 0.25) is 5.91 Å². The summed E-state index contributed by atoms with van der Waals surface area (Å²) in [6.07, 6.45) is 0.508. The predicted octanol–water partition coefficient (Wildman–Crippen LogP) is 2.87. The molecule has 2 heterocycles. The van der Waals surface area contributed by atoms with Gasteiger partial charge in [-0.2, -0.15) is 0 Å². The molecule has 6 nitrogen and oxygen atoms in total. The lowest BCUT2D eigenvalue weighted by atomic mass is 10.1. The predicted molar refractivity (Wildman–Crippen MR) is 110 cm³/mol. The number of hydrogen-bond acceptors (Lipinski definition) is 5. The van der Waals surface area contributed by atoms with E-state index in [0.717, 1.165) is 5.56 Å². The number of rotatable bonds is 6. The number of amides is 1. The molecule has 1 aromatic heterocycles. The quantitative estimate of drug-likeness (QED) is 0.571. The van der Waals surface area contributed by atoms with Gasteiger partial charge >= 0.3 is 5.97 Å². The molecule has 27 heavy (non-hydrogen) atoms. The van der Waals surface area contributed by atoms with E-state index in [1.165, 1.54) is 18.4 Å². The first kappa shape index (κ1) is 19.3. The minimum Gasteiger partial charge on any atom is -0.465 e. The van der Waals surface area contributed by atoms with Gasteiger partial charge in [-0.25, -0.2) is 4.79 Å². The van der Waals surface area contributed by atoms with E-state index in [2.05, 4.69) is 10.6 Å². The molecule has 0 saturated carbocycles. The lowest BCUT2D eigenvalue weighted by molar-refractivity contribution is -0.128. The Balaban J connectivity index is 1.48. The van der Waals surface area contributed by atoms with Crippen LogP contribution in [0.25, 0.3) is 0 Å². The molecule has 2 aromatic rings. The average Bonchev–Trinajstić information content (AvgIpc) is 3.27. The number of thiophene rings is 1. The maximum absolute atomic E-state index is 12.2. The van der Waals surface area contributed by atoms with Gasteiger partial charge in [0, 0.05) is 32.0 Å². The smallest absolute Gasteiger partial charge is 0.350 e. The van der Waals surface area contributed by atoms with Crippen LogP contribution in [-0.2, 0) is 16.1 Å². The third-order valence-corrected chi connectivity index (χ3v) is 5.49. The first-order chi connectivity index (χ1) is 13.1. The van der Waals surface area contributed by atoms with Crippen LogP contribution in [-0.4, -0.2) is 42.1 Å². The number of methoxy groups -OCH3 is 1. The maximum Gasteiger partial charge on any atom is 0.350 e. The average molecular weight is 404 g/mol. The van der Waals surface area contributed by atoms with Crippen LogP contribution in [0.5, 0.6) is 0 Å². The van der Waals surface area contributed by atoms with Crippen LogP contribution >= 0.6 is 23.6 Å². The molecule has 1 atom stereocenters. The van der Waals surface area contributed by atoms with Gasteiger partial charge in [0.05, 0.1) is 12.8 Å². The summed E-state index contributed by atoms with van der Waals surface area (Å²) in [5.74, 6) is -0.0351. The van der Waals surface area contributed by atoms with Crippen molar-refractivity contribution in [3.8, 4) is 0 Å². The van der Waals surface area contributed by atoms with Crippen LogP contribution in [0.3, 0.4) is 0 Å². The van der Waals surface area contributed by atoms with E-state index in [-0.39, 0.29) is 11.8 Å². The standard InChI is InChI=1S/C19H21N3O3S2/c1-25-18(24)17-15(7-8-27-17)21-19(26)20-10-14-9-16(23)22(12-14)11-13-5-3-2-4-6-13/h2-8,14H,9-12H2,1H3,(H2,20,21,26). The Morgan fingerprint density at radius 2 is 2.11 bits per heavy atom. The molecule has 1 fully saturated rings. The second kappa shape index (κ2) is 8.96. The fourth-order valence-corrected chi connectivity index (χ4v) is 3.97. The Hall–Kier alpha value is -2.45. The fraction of sp³-hybridized carbons (Fsp3) is 0.316. The van der Waals surface area contributed by atoms with E-state index < -0.39 is 5.97 Å². The van der Waals surface area contributed by atoms with E-state index in [9.17, 15) is 9.59 Å². The number of likely N-dealkylation sites (tertiary alicyclic amines) is 1. The van der Waals surface area contributed by atoms with E-state index in [4.69, 9.17) is 17.0 Å². The molecule has 8 heteroatoms. The molecule has 1 aliphatic heterocycles. The molecular weight excluding hydrogens is 382 g/mol. The van der Waals surface area contributed by atoms with Crippen molar-refractivity contribution >= 4 is 46.2 Å². The van der Waals surface area contributed by atoms with Crippen LogP contribution < -0.4 is 10.6 Å². The Morgan fingerprint density at radius 1 is 1.33 bits per heavy atom. The van der Waals surface area contributed by atoms with Crippen LogP contribution in [0.4, 0.5) is 5.69 Å². The number of hydrogen-bond donors (Lipinski definition) is 2. The summed E-state index contributed by atoms with van der Waals surface area (Å²) in [5, 5.41) is 8.39. The molecule has 0 aliphatic carbocycles. The van der Waals surface area contributed by atoms with Crippen molar-refractivity contribution in [2.75, 3.05) is 25.5 Å². The van der Waals surface area contributed by atoms with E-state index in [1.54, 1.807) is 11.4 Å². The summed E-state index contributed by atoms with van der Waals surface area (Å²) in [6, 6.07) is 11.8. The molecule has 0 radical (unpaired) electrons. The third-order valence-electron chi connectivity index (χ3n) is 4.35. The van der Waals surface area contributed by atoms with Gasteiger partial charge in [0.1, 0.15) is 4.88 Å². The zero-order valence-corrected chi connectivity index (χ0v) is 16.6. The highest BCUT2D eigenvalue weighted by Crippen LogP contribution is 2.23. The molecule has 2 N–H and O–H groups in total. The largest absolute Gasteiger partial charge is 0.465 e. The molecule has 142 valence electrons. The van der Waals surface area contributed by atoms with Gasteiger partial charge in [0.15, 0.2) is 5.11 Å². The Morgan fingerprint density at radius 3 is 2.85 bits per heavy atom. The topological polar surface area (TPSA) is 70.7 Å². The van der Waals surface area contributed by atoms with Gasteiger partial charge in [-0.1, -0.05) is 30.3 Å². The highest BCUT2D eigenvalue weighted by atomic mass is 32.1. The van der Waals surface area contributed by atoms with Crippen molar-refractivity contribution < 1.29 is 14.3 Å². The van der Waals surface area contributed by atoms with E-state index in [1.807, 2.05) is 35.2 Å². The number of carbonyl (C=O) groups excluding carboxylic acids is 2. The molecular formula is C19H21N3O3S2. The number of benzene rings is 1. The Kier molecular flexibility index (Phi) is 6.41. The van der Waals surface area contributed by atoms with Crippen molar-refractivity contribution in [1.29, 1.82) is 0 Å². The number of anilines is 1. The Labute approximate surface area is 167 Å². The van der Waals surface area contributed by atoms with E-state index >= 15 is 0 Å². The summed E-state index contributed by atoms with van der Waals surface area (Å²) in [6.45, 7) is 1.94. The summed E-state index contributed by atoms with van der Waals surface area (Å²) in [7, 11) is 1.35. The Bertz CT molecular complexity index is 823. The number of carbonyl (C=O) groups is 2. The molecule has 1 aromatic carbocycles. The minimum absolute atomic E-state index is 0.162. The van der Waals surface area contributed by atoms with Gasteiger partial charge in [-0.15, -0.1) is 11.3 Å². The molecule has 1 aliphatic rings. The molecule has 0 spiro atoms. The molecule has 3 rings (SSSR count). The van der Waals surface area contributed by atoms with Gasteiger partial charge in [0.25, 0.3) is 0 Å². The van der Waals surface area contributed by atoms with E-state index in [0.29, 0.717) is 41.7 Å². The van der Waals surface area contributed by atoms with Crippen molar-refractivity contribution in [3.05, 3.63) is 52.2 Å². The summed E-state index contributed by atoms with van der Waals surface area (Å²) in [5.41, 5.74) is 1.75. The van der Waals surface area contributed by atoms with Crippen LogP contribution in [0.1, 0.15) is 21.7 Å². The fourth-order valence-electron chi connectivity index (χ4n) is 3.01. The van der Waals surface area contributed by atoms with Crippen molar-refractivity contribution in [2.45, 2.75) is 13.0 Å². The first-order valence-electron chi connectivity index (χ1n) is 8.59.